The van der Waals surface area contributed by atoms with Gasteiger partial charge in [-0.25, -0.2) is 4.98 Å². The number of nitrogens with zero attached hydrogens (tertiary/aromatic N) is 2. The second kappa shape index (κ2) is 5.88. The minimum absolute atomic E-state index is 0.297. The average Bonchev–Trinajstić information content (AvgIpc) is 2.93. The summed E-state index contributed by atoms with van der Waals surface area (Å²) < 4.78 is 5.01. The zero-order chi connectivity index (χ0) is 16.4. The van der Waals surface area contributed by atoms with E-state index in [9.17, 15) is 9.59 Å². The Morgan fingerprint density at radius 2 is 2.00 bits per heavy atom. The van der Waals surface area contributed by atoms with Gasteiger partial charge in [0.05, 0.1) is 16.6 Å². The fraction of sp³-hybridized carbons (Fsp3) is 0.125. The first-order valence-corrected chi connectivity index (χ1v) is 6.93. The number of primary amides is 1. The van der Waals surface area contributed by atoms with Crippen LogP contribution in [0.4, 0.5) is 0 Å². The highest BCUT2D eigenvalue weighted by atomic mass is 16.5. The fourth-order valence-corrected chi connectivity index (χ4v) is 2.25. The highest BCUT2D eigenvalue weighted by molar-refractivity contribution is 5.99. The molecule has 3 aromatic rings. The number of rotatable bonds is 4. The number of pyridine rings is 1. The van der Waals surface area contributed by atoms with Crippen molar-refractivity contribution in [3.8, 4) is 0 Å². The molecule has 2 heterocycles. The summed E-state index contributed by atoms with van der Waals surface area (Å²) in [4.78, 5) is 28.1. The number of carbonyl (C=O) groups is 2. The van der Waals surface area contributed by atoms with E-state index in [-0.39, 0.29) is 0 Å². The lowest BCUT2D eigenvalue weighted by Gasteiger charge is -2.15. The lowest BCUT2D eigenvalue weighted by molar-refractivity contribution is -0.120. The van der Waals surface area contributed by atoms with Crippen molar-refractivity contribution in [2.75, 3.05) is 0 Å². The zero-order valence-corrected chi connectivity index (χ0v) is 12.3. The van der Waals surface area contributed by atoms with E-state index in [0.717, 1.165) is 0 Å². The van der Waals surface area contributed by atoms with Crippen molar-refractivity contribution < 1.29 is 14.1 Å². The topological polar surface area (TPSA) is 111 Å². The summed E-state index contributed by atoms with van der Waals surface area (Å²) in [5.41, 5.74) is 7.30. The number of fused-ring (bicyclic) bond motifs is 1. The van der Waals surface area contributed by atoms with Crippen LogP contribution < -0.4 is 11.1 Å². The van der Waals surface area contributed by atoms with Crippen molar-refractivity contribution in [1.82, 2.24) is 15.5 Å². The Morgan fingerprint density at radius 3 is 2.70 bits per heavy atom. The Labute approximate surface area is 131 Å². The summed E-state index contributed by atoms with van der Waals surface area (Å²) in [5, 5.41) is 7.06. The largest absolute Gasteiger partial charge is 0.368 e. The second-order valence-electron chi connectivity index (χ2n) is 5.06. The Kier molecular flexibility index (Phi) is 3.76. The number of nitrogens with two attached hydrogens (primary N) is 1. The third-order valence-corrected chi connectivity index (χ3v) is 3.47. The molecule has 0 fully saturated rings. The molecular weight excluding hydrogens is 296 g/mol. The van der Waals surface area contributed by atoms with E-state index in [0.29, 0.717) is 27.9 Å². The molecule has 1 unspecified atom stereocenters. The van der Waals surface area contributed by atoms with Crippen LogP contribution in [-0.4, -0.2) is 22.0 Å². The average molecular weight is 310 g/mol. The number of hydrogen-bond donors (Lipinski definition) is 2. The summed E-state index contributed by atoms with van der Waals surface area (Å²) in [6, 6.07) is 9.50. The van der Waals surface area contributed by atoms with Crippen LogP contribution in [0.25, 0.3) is 11.1 Å². The highest BCUT2D eigenvalue weighted by Crippen LogP contribution is 2.18. The van der Waals surface area contributed by atoms with E-state index in [2.05, 4.69) is 15.5 Å². The second-order valence-corrected chi connectivity index (χ2v) is 5.06. The smallest absolute Gasteiger partial charge is 0.257 e. The number of benzene rings is 1. The maximum atomic E-state index is 12.4. The third-order valence-electron chi connectivity index (χ3n) is 3.47. The highest BCUT2D eigenvalue weighted by Gasteiger charge is 2.21. The molecule has 2 amide bonds. The van der Waals surface area contributed by atoms with Gasteiger partial charge in [0, 0.05) is 6.20 Å². The van der Waals surface area contributed by atoms with Crippen LogP contribution in [0.5, 0.6) is 0 Å². The molecule has 0 saturated heterocycles. The van der Waals surface area contributed by atoms with E-state index in [1.54, 1.807) is 37.3 Å². The number of aryl methyl sites for hydroxylation is 1. The third kappa shape index (κ3) is 2.89. The Balaban J connectivity index is 1.88. The van der Waals surface area contributed by atoms with Gasteiger partial charge in [-0.3, -0.25) is 9.59 Å². The molecule has 3 N–H and O–H groups in total. The van der Waals surface area contributed by atoms with Crippen LogP contribution in [0.1, 0.15) is 27.7 Å². The van der Waals surface area contributed by atoms with E-state index < -0.39 is 17.9 Å². The van der Waals surface area contributed by atoms with Gasteiger partial charge in [-0.1, -0.05) is 35.5 Å². The van der Waals surface area contributed by atoms with Crippen LogP contribution in [0, 0.1) is 6.92 Å². The number of nitrogens with one attached hydrogen (secondary N) is 1. The van der Waals surface area contributed by atoms with Crippen molar-refractivity contribution in [3.05, 3.63) is 59.4 Å². The Morgan fingerprint density at radius 1 is 1.26 bits per heavy atom. The van der Waals surface area contributed by atoms with E-state index in [1.165, 1.54) is 6.20 Å². The SMILES string of the molecule is Cc1noc2ncc(C(=O)NC(C(N)=O)c3ccccc3)cc12. The fourth-order valence-electron chi connectivity index (χ4n) is 2.25. The molecule has 0 radical (unpaired) electrons. The minimum Gasteiger partial charge on any atom is -0.368 e. The number of aromatic nitrogens is 2. The first-order chi connectivity index (χ1) is 11.1. The van der Waals surface area contributed by atoms with Gasteiger partial charge in [-0.15, -0.1) is 0 Å². The Hall–Kier alpha value is -3.22. The first-order valence-electron chi connectivity index (χ1n) is 6.93. The molecule has 0 aliphatic carbocycles. The lowest BCUT2D eigenvalue weighted by atomic mass is 10.1. The zero-order valence-electron chi connectivity index (χ0n) is 12.3. The molecule has 0 aliphatic heterocycles. The van der Waals surface area contributed by atoms with Gasteiger partial charge in [0.15, 0.2) is 0 Å². The van der Waals surface area contributed by atoms with Crippen molar-refractivity contribution in [1.29, 1.82) is 0 Å². The summed E-state index contributed by atoms with van der Waals surface area (Å²) in [7, 11) is 0. The molecule has 0 spiro atoms. The number of hydrogen-bond acceptors (Lipinski definition) is 5. The van der Waals surface area contributed by atoms with Gasteiger partial charge in [-0.2, -0.15) is 0 Å². The minimum atomic E-state index is -0.914. The predicted molar refractivity (Wildman–Crippen MR) is 82.4 cm³/mol. The monoisotopic (exact) mass is 310 g/mol. The van der Waals surface area contributed by atoms with Gasteiger partial charge in [0.1, 0.15) is 6.04 Å². The maximum absolute atomic E-state index is 12.4. The predicted octanol–water partition coefficient (Wildman–Crippen LogP) is 1.49. The van der Waals surface area contributed by atoms with Crippen LogP contribution in [-0.2, 0) is 4.79 Å². The first kappa shape index (κ1) is 14.7. The van der Waals surface area contributed by atoms with Gasteiger partial charge in [0.2, 0.25) is 5.91 Å². The molecule has 0 aliphatic rings. The van der Waals surface area contributed by atoms with Crippen molar-refractivity contribution in [2.24, 2.45) is 5.73 Å². The molecular formula is C16H14N4O3. The molecule has 7 heteroatoms. The maximum Gasteiger partial charge on any atom is 0.257 e. The number of carbonyl (C=O) groups excluding carboxylic acids is 2. The van der Waals surface area contributed by atoms with Crippen LogP contribution in [0.3, 0.4) is 0 Å². The standard InChI is InChI=1S/C16H14N4O3/c1-9-12-7-11(8-18-16(12)23-20-9)15(22)19-13(14(17)21)10-5-3-2-4-6-10/h2-8,13H,1H3,(H2,17,21)(H,19,22). The normalized spacial score (nSPS) is 12.0. The van der Waals surface area contributed by atoms with Crippen LogP contribution >= 0.6 is 0 Å². The molecule has 1 aromatic carbocycles. The molecule has 0 saturated carbocycles. The molecule has 23 heavy (non-hydrogen) atoms. The van der Waals surface area contributed by atoms with E-state index in [4.69, 9.17) is 10.3 Å². The van der Waals surface area contributed by atoms with Crippen molar-refractivity contribution in [3.63, 3.8) is 0 Å². The molecule has 2 aromatic heterocycles. The number of amides is 2. The summed E-state index contributed by atoms with van der Waals surface area (Å²) in [5.74, 6) is -1.09. The van der Waals surface area contributed by atoms with Gasteiger partial charge in [-0.05, 0) is 18.6 Å². The molecule has 3 rings (SSSR count). The Bertz CT molecular complexity index is 873. The molecule has 7 nitrogen and oxygen atoms in total. The summed E-state index contributed by atoms with van der Waals surface area (Å²) in [6.45, 7) is 1.76. The summed E-state index contributed by atoms with van der Waals surface area (Å²) in [6.07, 6.45) is 1.37. The molecule has 1 atom stereocenters. The van der Waals surface area contributed by atoms with Crippen LogP contribution in [0.2, 0.25) is 0 Å². The quantitative estimate of drug-likeness (QED) is 0.758. The lowest BCUT2D eigenvalue weighted by Crippen LogP contribution is -2.37. The summed E-state index contributed by atoms with van der Waals surface area (Å²) >= 11 is 0. The van der Waals surface area contributed by atoms with Crippen molar-refractivity contribution in [2.45, 2.75) is 13.0 Å². The van der Waals surface area contributed by atoms with Gasteiger partial charge < -0.3 is 15.6 Å². The van der Waals surface area contributed by atoms with Gasteiger partial charge >= 0.3 is 0 Å². The molecule has 116 valence electrons. The van der Waals surface area contributed by atoms with E-state index >= 15 is 0 Å². The van der Waals surface area contributed by atoms with Crippen LogP contribution in [0.15, 0.2) is 47.1 Å². The molecule has 0 bridgehead atoms. The van der Waals surface area contributed by atoms with Gasteiger partial charge in [0.25, 0.3) is 11.6 Å². The van der Waals surface area contributed by atoms with E-state index in [1.807, 2.05) is 6.07 Å². The van der Waals surface area contributed by atoms with Crippen molar-refractivity contribution >= 4 is 22.9 Å².